The summed E-state index contributed by atoms with van der Waals surface area (Å²) in [5, 5.41) is 2.94. The van der Waals surface area contributed by atoms with Crippen LogP contribution in [-0.2, 0) is 4.79 Å². The van der Waals surface area contributed by atoms with E-state index in [2.05, 4.69) is 21.2 Å². The number of carbonyl (C=O) groups is 1. The molecule has 0 radical (unpaired) electrons. The highest BCUT2D eigenvalue weighted by Gasteiger charge is 2.18. The molecular formula is C16H17BrN2O. The molecule has 104 valence electrons. The summed E-state index contributed by atoms with van der Waals surface area (Å²) in [6, 6.07) is 16.4. The molecule has 0 heterocycles. The van der Waals surface area contributed by atoms with Crippen LogP contribution in [0.5, 0.6) is 0 Å². The molecule has 0 fully saturated rings. The molecule has 0 saturated heterocycles. The van der Waals surface area contributed by atoms with E-state index in [1.807, 2.05) is 61.5 Å². The third kappa shape index (κ3) is 3.46. The molecule has 3 nitrogen and oxygen atoms in total. The van der Waals surface area contributed by atoms with Crippen molar-refractivity contribution in [2.45, 2.75) is 19.0 Å². The highest BCUT2D eigenvalue weighted by Crippen LogP contribution is 2.23. The van der Waals surface area contributed by atoms with E-state index in [0.29, 0.717) is 0 Å². The molecule has 4 heteroatoms. The second-order valence-electron chi connectivity index (χ2n) is 4.64. The molecule has 0 aliphatic carbocycles. The minimum Gasteiger partial charge on any atom is -0.348 e. The molecule has 0 spiro atoms. The molecule has 0 saturated carbocycles. The van der Waals surface area contributed by atoms with Gasteiger partial charge >= 0.3 is 0 Å². The quantitative estimate of drug-likeness (QED) is 0.902. The second kappa shape index (κ2) is 6.68. The molecule has 0 unspecified atom stereocenters. The first-order chi connectivity index (χ1) is 9.59. The van der Waals surface area contributed by atoms with Crippen LogP contribution in [0.15, 0.2) is 59.1 Å². The summed E-state index contributed by atoms with van der Waals surface area (Å²) >= 11 is 3.49. The maximum absolute atomic E-state index is 12.2. The molecule has 2 aromatic carbocycles. The lowest BCUT2D eigenvalue weighted by atomic mass is 10.1. The third-order valence-corrected chi connectivity index (χ3v) is 3.89. The van der Waals surface area contributed by atoms with E-state index in [-0.39, 0.29) is 11.9 Å². The molecule has 0 aromatic heterocycles. The monoisotopic (exact) mass is 332 g/mol. The van der Waals surface area contributed by atoms with Gasteiger partial charge in [-0.3, -0.25) is 4.79 Å². The number of hydrogen-bond acceptors (Lipinski definition) is 2. The van der Waals surface area contributed by atoms with Crippen LogP contribution in [0.25, 0.3) is 0 Å². The summed E-state index contributed by atoms with van der Waals surface area (Å²) in [6.07, 6.45) is 0. The Bertz CT molecular complexity index is 586. The Hall–Kier alpha value is -1.65. The van der Waals surface area contributed by atoms with Crippen LogP contribution in [0.4, 0.5) is 0 Å². The first-order valence-corrected chi connectivity index (χ1v) is 7.24. The van der Waals surface area contributed by atoms with Crippen LogP contribution in [0.1, 0.15) is 30.1 Å². The van der Waals surface area contributed by atoms with Gasteiger partial charge in [-0.15, -0.1) is 0 Å². The van der Waals surface area contributed by atoms with Crippen LogP contribution in [0, 0.1) is 0 Å². The van der Waals surface area contributed by atoms with Gasteiger partial charge in [-0.1, -0.05) is 64.5 Å². The first kappa shape index (κ1) is 14.8. The molecule has 0 bridgehead atoms. The lowest BCUT2D eigenvalue weighted by Gasteiger charge is -2.19. The van der Waals surface area contributed by atoms with Crippen LogP contribution in [0.2, 0.25) is 0 Å². The van der Waals surface area contributed by atoms with Crippen molar-refractivity contribution in [3.8, 4) is 0 Å². The van der Waals surface area contributed by atoms with Gasteiger partial charge in [0.05, 0.1) is 6.04 Å². The predicted molar refractivity (Wildman–Crippen MR) is 84.1 cm³/mol. The summed E-state index contributed by atoms with van der Waals surface area (Å²) in [5.41, 5.74) is 7.82. The number of carbonyl (C=O) groups excluding carboxylic acids is 1. The second-order valence-corrected chi connectivity index (χ2v) is 5.49. The Labute approximate surface area is 127 Å². The average Bonchev–Trinajstić information content (AvgIpc) is 2.47. The van der Waals surface area contributed by atoms with Crippen molar-refractivity contribution in [1.29, 1.82) is 0 Å². The first-order valence-electron chi connectivity index (χ1n) is 6.45. The molecule has 2 aromatic rings. The van der Waals surface area contributed by atoms with E-state index < -0.39 is 6.04 Å². The van der Waals surface area contributed by atoms with Crippen LogP contribution in [0.3, 0.4) is 0 Å². The van der Waals surface area contributed by atoms with Crippen LogP contribution in [-0.4, -0.2) is 5.91 Å². The molecule has 2 rings (SSSR count). The van der Waals surface area contributed by atoms with Crippen molar-refractivity contribution in [3.05, 3.63) is 70.2 Å². The van der Waals surface area contributed by atoms with Gasteiger partial charge in [-0.2, -0.15) is 0 Å². The highest BCUT2D eigenvalue weighted by molar-refractivity contribution is 9.10. The zero-order chi connectivity index (χ0) is 14.5. The molecule has 3 N–H and O–H groups in total. The minimum atomic E-state index is -0.652. The minimum absolute atomic E-state index is 0.104. The van der Waals surface area contributed by atoms with E-state index in [0.717, 1.165) is 15.6 Å². The maximum atomic E-state index is 12.2. The molecule has 1 amide bonds. The summed E-state index contributed by atoms with van der Waals surface area (Å²) in [5.74, 6) is -0.181. The van der Waals surface area contributed by atoms with Crippen molar-refractivity contribution in [1.82, 2.24) is 5.32 Å². The number of halogens is 1. The molecule has 20 heavy (non-hydrogen) atoms. The topological polar surface area (TPSA) is 55.1 Å². The van der Waals surface area contributed by atoms with E-state index in [4.69, 9.17) is 5.73 Å². The standard InChI is InChI=1S/C16H17BrN2O/c1-11(13-9-5-6-10-14(13)17)19-16(20)15(18)12-7-3-2-4-8-12/h2-11,15H,18H2,1H3,(H,19,20)/t11-,15-/m1/s1. The molecule has 0 aliphatic rings. The van der Waals surface area contributed by atoms with Crippen LogP contribution >= 0.6 is 15.9 Å². The zero-order valence-electron chi connectivity index (χ0n) is 11.2. The number of amides is 1. The van der Waals surface area contributed by atoms with Gasteiger partial charge in [0.2, 0.25) is 5.91 Å². The Morgan fingerprint density at radius 3 is 2.35 bits per heavy atom. The van der Waals surface area contributed by atoms with Crippen molar-refractivity contribution in [2.24, 2.45) is 5.73 Å². The molecule has 0 aliphatic heterocycles. The van der Waals surface area contributed by atoms with E-state index in [9.17, 15) is 4.79 Å². The summed E-state index contributed by atoms with van der Waals surface area (Å²) in [7, 11) is 0. The Balaban J connectivity index is 2.07. The third-order valence-electron chi connectivity index (χ3n) is 3.17. The number of nitrogens with one attached hydrogen (secondary N) is 1. The largest absolute Gasteiger partial charge is 0.348 e. The van der Waals surface area contributed by atoms with Gasteiger partial charge in [0, 0.05) is 4.47 Å². The Morgan fingerprint density at radius 2 is 1.70 bits per heavy atom. The van der Waals surface area contributed by atoms with Gasteiger partial charge in [0.15, 0.2) is 0 Å². The van der Waals surface area contributed by atoms with Crippen molar-refractivity contribution < 1.29 is 4.79 Å². The van der Waals surface area contributed by atoms with Gasteiger partial charge in [-0.25, -0.2) is 0 Å². The fraction of sp³-hybridized carbons (Fsp3) is 0.188. The van der Waals surface area contributed by atoms with Gasteiger partial charge < -0.3 is 11.1 Å². The number of benzene rings is 2. The maximum Gasteiger partial charge on any atom is 0.241 e. The number of rotatable bonds is 4. The summed E-state index contributed by atoms with van der Waals surface area (Å²) in [4.78, 5) is 12.2. The van der Waals surface area contributed by atoms with E-state index in [1.54, 1.807) is 0 Å². The summed E-state index contributed by atoms with van der Waals surface area (Å²) in [6.45, 7) is 1.94. The van der Waals surface area contributed by atoms with E-state index >= 15 is 0 Å². The Morgan fingerprint density at radius 1 is 1.10 bits per heavy atom. The van der Waals surface area contributed by atoms with Crippen LogP contribution < -0.4 is 11.1 Å². The van der Waals surface area contributed by atoms with E-state index in [1.165, 1.54) is 0 Å². The Kier molecular flexibility index (Phi) is 4.93. The van der Waals surface area contributed by atoms with Crippen molar-refractivity contribution >= 4 is 21.8 Å². The normalized spacial score (nSPS) is 13.6. The SMILES string of the molecule is C[C@@H](NC(=O)[C@H](N)c1ccccc1)c1ccccc1Br. The zero-order valence-corrected chi connectivity index (χ0v) is 12.8. The fourth-order valence-electron chi connectivity index (χ4n) is 2.02. The molecular weight excluding hydrogens is 316 g/mol. The lowest BCUT2D eigenvalue weighted by molar-refractivity contribution is -0.123. The molecule has 2 atom stereocenters. The van der Waals surface area contributed by atoms with Gasteiger partial charge in [0.1, 0.15) is 6.04 Å². The summed E-state index contributed by atoms with van der Waals surface area (Å²) < 4.78 is 0.973. The highest BCUT2D eigenvalue weighted by atomic mass is 79.9. The van der Waals surface area contributed by atoms with Gasteiger partial charge in [-0.05, 0) is 24.1 Å². The smallest absolute Gasteiger partial charge is 0.241 e. The lowest BCUT2D eigenvalue weighted by Crippen LogP contribution is -2.35. The predicted octanol–water partition coefficient (Wildman–Crippen LogP) is 3.33. The fourth-order valence-corrected chi connectivity index (χ4v) is 2.65. The number of hydrogen-bond donors (Lipinski definition) is 2. The number of nitrogens with two attached hydrogens (primary N) is 1. The average molecular weight is 333 g/mol. The van der Waals surface area contributed by atoms with Crippen molar-refractivity contribution in [3.63, 3.8) is 0 Å². The van der Waals surface area contributed by atoms with Crippen molar-refractivity contribution in [2.75, 3.05) is 0 Å². The van der Waals surface area contributed by atoms with Gasteiger partial charge in [0.25, 0.3) is 0 Å².